The van der Waals surface area contributed by atoms with Crippen molar-refractivity contribution in [3.05, 3.63) is 70.7 Å². The van der Waals surface area contributed by atoms with E-state index >= 15 is 0 Å². The number of rotatable bonds is 4. The van der Waals surface area contributed by atoms with Crippen LogP contribution in [0.25, 0.3) is 0 Å². The number of nitrogens with zero attached hydrogens (tertiary/aromatic N) is 1. The summed E-state index contributed by atoms with van der Waals surface area (Å²) < 4.78 is 0. The van der Waals surface area contributed by atoms with Gasteiger partial charge in [0.2, 0.25) is 0 Å². The number of benzene rings is 2. The average Bonchev–Trinajstić information content (AvgIpc) is 2.38. The smallest absolute Gasteiger partial charge is 0.0635 e. The van der Waals surface area contributed by atoms with Crippen LogP contribution in [0, 0.1) is 0 Å². The van der Waals surface area contributed by atoms with Crippen LogP contribution in [0.1, 0.15) is 11.1 Å². The summed E-state index contributed by atoms with van der Waals surface area (Å²) in [5, 5.41) is 0.773. The van der Waals surface area contributed by atoms with Gasteiger partial charge in [0.25, 0.3) is 0 Å². The molecule has 2 aromatic rings. The third-order valence-electron chi connectivity index (χ3n) is 2.49. The lowest BCUT2D eigenvalue weighted by atomic mass is 10.2. The van der Waals surface area contributed by atoms with Crippen molar-refractivity contribution in [3.8, 4) is 0 Å². The molecule has 17 heavy (non-hydrogen) atoms. The van der Waals surface area contributed by atoms with Gasteiger partial charge in [-0.15, -0.1) is 0 Å². The fraction of sp³-hybridized carbons (Fsp3) is 0.133. The number of hydrogen-bond donors (Lipinski definition) is 0. The maximum Gasteiger partial charge on any atom is 0.0635 e. The molecule has 0 atom stereocenters. The van der Waals surface area contributed by atoms with Gasteiger partial charge < -0.3 is 0 Å². The van der Waals surface area contributed by atoms with Crippen molar-refractivity contribution < 1.29 is 0 Å². The minimum absolute atomic E-state index is 0.744. The third-order valence-corrected chi connectivity index (χ3v) is 2.74. The molecule has 0 saturated heterocycles. The van der Waals surface area contributed by atoms with Gasteiger partial charge in [0, 0.05) is 17.7 Å². The van der Waals surface area contributed by atoms with Crippen LogP contribution in [0.4, 0.5) is 0 Å². The highest BCUT2D eigenvalue weighted by Crippen LogP contribution is 2.09. The van der Waals surface area contributed by atoms with Gasteiger partial charge in [-0.3, -0.25) is 4.99 Å². The Morgan fingerprint density at radius 1 is 0.882 bits per heavy atom. The zero-order valence-electron chi connectivity index (χ0n) is 9.51. The second-order valence-corrected chi connectivity index (χ2v) is 4.28. The summed E-state index contributed by atoms with van der Waals surface area (Å²) in [5.41, 5.74) is 2.46. The van der Waals surface area contributed by atoms with Gasteiger partial charge in [-0.2, -0.15) is 0 Å². The van der Waals surface area contributed by atoms with E-state index in [4.69, 9.17) is 11.6 Å². The Labute approximate surface area is 107 Å². The van der Waals surface area contributed by atoms with Gasteiger partial charge in [0.15, 0.2) is 0 Å². The van der Waals surface area contributed by atoms with E-state index in [1.165, 1.54) is 11.1 Å². The molecular formula is C15H14ClN. The molecule has 0 aliphatic carbocycles. The Balaban J connectivity index is 1.84. The highest BCUT2D eigenvalue weighted by Gasteiger charge is 1.90. The number of halogens is 1. The highest BCUT2D eigenvalue weighted by atomic mass is 35.5. The Hall–Kier alpha value is -1.60. The van der Waals surface area contributed by atoms with Gasteiger partial charge in [0.05, 0.1) is 6.54 Å². The van der Waals surface area contributed by atoms with Crippen LogP contribution in [0.15, 0.2) is 59.6 Å². The second-order valence-electron chi connectivity index (χ2n) is 3.84. The van der Waals surface area contributed by atoms with Gasteiger partial charge in [-0.1, -0.05) is 54.1 Å². The molecule has 0 spiro atoms. The van der Waals surface area contributed by atoms with E-state index in [0.29, 0.717) is 0 Å². The number of aliphatic imine (C=N–C) groups is 1. The van der Waals surface area contributed by atoms with Crippen LogP contribution in [0.3, 0.4) is 0 Å². The van der Waals surface area contributed by atoms with E-state index in [1.54, 1.807) is 0 Å². The summed E-state index contributed by atoms with van der Waals surface area (Å²) >= 11 is 5.82. The van der Waals surface area contributed by atoms with Crippen LogP contribution in [-0.4, -0.2) is 6.21 Å². The summed E-state index contributed by atoms with van der Waals surface area (Å²) in [4.78, 5) is 4.40. The van der Waals surface area contributed by atoms with E-state index < -0.39 is 0 Å². The summed E-state index contributed by atoms with van der Waals surface area (Å²) in [6, 6.07) is 18.1. The van der Waals surface area contributed by atoms with Crippen molar-refractivity contribution in [1.82, 2.24) is 0 Å². The van der Waals surface area contributed by atoms with Crippen molar-refractivity contribution in [2.75, 3.05) is 0 Å². The summed E-state index contributed by atoms with van der Waals surface area (Å²) in [6.45, 7) is 0.744. The summed E-state index contributed by atoms with van der Waals surface area (Å²) in [5.74, 6) is 0. The fourth-order valence-electron chi connectivity index (χ4n) is 1.54. The SMILES string of the molecule is Clc1ccc(CC=NCc2ccccc2)cc1. The molecule has 0 bridgehead atoms. The van der Waals surface area contributed by atoms with Crippen molar-refractivity contribution in [1.29, 1.82) is 0 Å². The number of hydrogen-bond acceptors (Lipinski definition) is 1. The quantitative estimate of drug-likeness (QED) is 0.716. The van der Waals surface area contributed by atoms with E-state index in [1.807, 2.05) is 48.7 Å². The van der Waals surface area contributed by atoms with Gasteiger partial charge in [-0.25, -0.2) is 0 Å². The molecule has 0 heterocycles. The van der Waals surface area contributed by atoms with Crippen LogP contribution < -0.4 is 0 Å². The van der Waals surface area contributed by atoms with E-state index in [2.05, 4.69) is 17.1 Å². The molecule has 0 radical (unpaired) electrons. The zero-order valence-corrected chi connectivity index (χ0v) is 10.3. The summed E-state index contributed by atoms with van der Waals surface area (Å²) in [6.07, 6.45) is 2.81. The first kappa shape index (κ1) is 11.9. The Kier molecular flexibility index (Phi) is 4.34. The lowest BCUT2D eigenvalue weighted by molar-refractivity contribution is 1.07. The molecule has 0 aliphatic rings. The minimum Gasteiger partial charge on any atom is -0.292 e. The molecule has 86 valence electrons. The molecule has 0 aromatic heterocycles. The van der Waals surface area contributed by atoms with Crippen molar-refractivity contribution in [2.24, 2.45) is 4.99 Å². The van der Waals surface area contributed by atoms with Crippen molar-refractivity contribution in [2.45, 2.75) is 13.0 Å². The maximum atomic E-state index is 5.82. The van der Waals surface area contributed by atoms with E-state index in [9.17, 15) is 0 Å². The first-order valence-corrected chi connectivity index (χ1v) is 5.99. The molecule has 2 aromatic carbocycles. The first-order chi connectivity index (χ1) is 8.34. The van der Waals surface area contributed by atoms with Crippen LogP contribution in [-0.2, 0) is 13.0 Å². The van der Waals surface area contributed by atoms with Crippen LogP contribution >= 0.6 is 11.6 Å². The molecule has 0 saturated carbocycles. The van der Waals surface area contributed by atoms with Crippen molar-refractivity contribution >= 4 is 17.8 Å². The largest absolute Gasteiger partial charge is 0.292 e. The van der Waals surface area contributed by atoms with Gasteiger partial charge in [-0.05, 0) is 23.3 Å². The van der Waals surface area contributed by atoms with Gasteiger partial charge in [0.1, 0.15) is 0 Å². The predicted molar refractivity (Wildman–Crippen MR) is 73.8 cm³/mol. The Morgan fingerprint density at radius 3 is 2.29 bits per heavy atom. The second kappa shape index (κ2) is 6.21. The first-order valence-electron chi connectivity index (χ1n) is 5.61. The lowest BCUT2D eigenvalue weighted by Gasteiger charge is -1.97. The molecule has 0 amide bonds. The van der Waals surface area contributed by atoms with E-state index in [0.717, 1.165) is 18.0 Å². The molecule has 1 nitrogen and oxygen atoms in total. The Bertz CT molecular complexity index is 474. The molecule has 0 aliphatic heterocycles. The van der Waals surface area contributed by atoms with Crippen molar-refractivity contribution in [3.63, 3.8) is 0 Å². The predicted octanol–water partition coefficient (Wildman–Crippen LogP) is 4.15. The fourth-order valence-corrected chi connectivity index (χ4v) is 1.67. The topological polar surface area (TPSA) is 12.4 Å². The van der Waals surface area contributed by atoms with Crippen LogP contribution in [0.2, 0.25) is 5.02 Å². The molecule has 2 rings (SSSR count). The lowest BCUT2D eigenvalue weighted by Crippen LogP contribution is -1.87. The maximum absolute atomic E-state index is 5.82. The van der Waals surface area contributed by atoms with Gasteiger partial charge >= 0.3 is 0 Å². The third kappa shape index (κ3) is 4.04. The minimum atomic E-state index is 0.744. The van der Waals surface area contributed by atoms with E-state index in [-0.39, 0.29) is 0 Å². The zero-order chi connectivity index (χ0) is 11.9. The normalized spacial score (nSPS) is 10.9. The molecule has 0 N–H and O–H groups in total. The molecule has 0 unspecified atom stereocenters. The highest BCUT2D eigenvalue weighted by molar-refractivity contribution is 6.30. The molecule has 0 fully saturated rings. The average molecular weight is 244 g/mol. The summed E-state index contributed by atoms with van der Waals surface area (Å²) in [7, 11) is 0. The Morgan fingerprint density at radius 2 is 1.59 bits per heavy atom. The molecule has 2 heteroatoms. The molecular weight excluding hydrogens is 230 g/mol. The standard InChI is InChI=1S/C15H14ClN/c16-15-8-6-13(7-9-15)10-11-17-12-14-4-2-1-3-5-14/h1-9,11H,10,12H2. The monoisotopic (exact) mass is 243 g/mol. The van der Waals surface area contributed by atoms with Crippen LogP contribution in [0.5, 0.6) is 0 Å².